The zero-order valence-corrected chi connectivity index (χ0v) is 12.2. The number of rotatable bonds is 2. The number of imidazole rings is 1. The Bertz CT molecular complexity index is 592. The van der Waals surface area contributed by atoms with Gasteiger partial charge in [-0.15, -0.1) is 0 Å². The van der Waals surface area contributed by atoms with Gasteiger partial charge in [-0.1, -0.05) is 12.8 Å². The second-order valence-electron chi connectivity index (χ2n) is 6.15. The second-order valence-corrected chi connectivity index (χ2v) is 6.15. The fourth-order valence-corrected chi connectivity index (χ4v) is 3.94. The van der Waals surface area contributed by atoms with Crippen LogP contribution < -0.4 is 4.90 Å². The number of nitrogens with zero attached hydrogens (tertiary/aromatic N) is 5. The predicted octanol–water partition coefficient (Wildman–Crippen LogP) is 2.82. The Morgan fingerprint density at radius 2 is 1.86 bits per heavy atom. The molecule has 5 heteroatoms. The Balaban J connectivity index is 1.64. The summed E-state index contributed by atoms with van der Waals surface area (Å²) in [6.07, 6.45) is 15.3. The molecule has 0 radical (unpaired) electrons. The van der Waals surface area contributed by atoms with E-state index >= 15 is 0 Å². The first kappa shape index (κ1) is 12.8. The molecule has 3 heterocycles. The number of hydrogen-bond acceptors (Lipinski definition) is 4. The molecule has 2 aliphatic rings. The lowest BCUT2D eigenvalue weighted by molar-refractivity contribution is 0.242. The minimum absolute atomic E-state index is 0.679. The van der Waals surface area contributed by atoms with Crippen LogP contribution in [-0.4, -0.2) is 32.1 Å². The van der Waals surface area contributed by atoms with E-state index < -0.39 is 0 Å². The fraction of sp³-hybridized carbons (Fsp3) is 0.562. The van der Waals surface area contributed by atoms with Crippen molar-refractivity contribution < 1.29 is 0 Å². The molecule has 0 unspecified atom stereocenters. The van der Waals surface area contributed by atoms with Crippen molar-refractivity contribution in [3.05, 3.63) is 31.1 Å². The highest BCUT2D eigenvalue weighted by Gasteiger charge is 2.33. The molecular formula is C16H21N5. The number of fused-ring (bicyclic) bond motifs is 1. The van der Waals surface area contributed by atoms with E-state index in [2.05, 4.69) is 25.9 Å². The van der Waals surface area contributed by atoms with Gasteiger partial charge in [0.05, 0.1) is 0 Å². The molecular weight excluding hydrogens is 262 g/mol. The molecule has 1 aliphatic carbocycles. The van der Waals surface area contributed by atoms with E-state index in [1.54, 1.807) is 18.9 Å². The first-order valence-corrected chi connectivity index (χ1v) is 7.99. The molecule has 5 nitrogen and oxygen atoms in total. The molecule has 4 rings (SSSR count). The van der Waals surface area contributed by atoms with Crippen LogP contribution in [0.5, 0.6) is 0 Å². The smallest absolute Gasteiger partial charge is 0.143 e. The van der Waals surface area contributed by atoms with Crippen molar-refractivity contribution in [1.29, 1.82) is 0 Å². The quantitative estimate of drug-likeness (QED) is 0.850. The monoisotopic (exact) mass is 283 g/mol. The Morgan fingerprint density at radius 3 is 2.76 bits per heavy atom. The molecule has 0 spiro atoms. The van der Waals surface area contributed by atoms with Gasteiger partial charge in [0.25, 0.3) is 0 Å². The molecule has 0 bridgehead atoms. The maximum absolute atomic E-state index is 4.55. The number of aromatic nitrogens is 4. The van der Waals surface area contributed by atoms with Crippen LogP contribution in [0.1, 0.15) is 38.5 Å². The molecule has 0 aromatic carbocycles. The Hall–Kier alpha value is -1.91. The number of piperidine rings is 1. The summed E-state index contributed by atoms with van der Waals surface area (Å²) in [7, 11) is 0. The fourth-order valence-electron chi connectivity index (χ4n) is 3.94. The molecule has 2 fully saturated rings. The summed E-state index contributed by atoms with van der Waals surface area (Å²) in [5, 5.41) is 0. The highest BCUT2D eigenvalue weighted by atomic mass is 15.2. The summed E-state index contributed by atoms with van der Waals surface area (Å²) in [6.45, 7) is 1.13. The van der Waals surface area contributed by atoms with E-state index in [-0.39, 0.29) is 0 Å². The zero-order chi connectivity index (χ0) is 14.1. The van der Waals surface area contributed by atoms with Gasteiger partial charge in [0.15, 0.2) is 0 Å². The average Bonchev–Trinajstić information content (AvgIpc) is 3.09. The molecule has 1 aliphatic heterocycles. The molecule has 110 valence electrons. The van der Waals surface area contributed by atoms with Crippen molar-refractivity contribution in [3.8, 4) is 5.82 Å². The number of hydrogen-bond donors (Lipinski definition) is 0. The van der Waals surface area contributed by atoms with Crippen LogP contribution >= 0.6 is 0 Å². The van der Waals surface area contributed by atoms with Crippen LogP contribution in [0, 0.1) is 5.92 Å². The van der Waals surface area contributed by atoms with Crippen molar-refractivity contribution in [2.24, 2.45) is 5.92 Å². The van der Waals surface area contributed by atoms with E-state index in [1.807, 2.05) is 10.8 Å². The molecule has 2 atom stereocenters. The summed E-state index contributed by atoms with van der Waals surface area (Å²) in [5.41, 5.74) is 0. The normalized spacial score (nSPS) is 25.6. The molecule has 21 heavy (non-hydrogen) atoms. The van der Waals surface area contributed by atoms with Crippen molar-refractivity contribution in [3.63, 3.8) is 0 Å². The lowest BCUT2D eigenvalue weighted by Gasteiger charge is -2.44. The van der Waals surface area contributed by atoms with Crippen LogP contribution in [0.4, 0.5) is 5.82 Å². The van der Waals surface area contributed by atoms with Crippen LogP contribution in [0.15, 0.2) is 31.1 Å². The largest absolute Gasteiger partial charge is 0.353 e. The second kappa shape index (κ2) is 5.47. The zero-order valence-electron chi connectivity index (χ0n) is 12.2. The standard InChI is InChI=1S/C16H21N5/c1-2-6-14-13(4-1)5-3-8-21(14)16-10-15(18-11-19-16)20-9-7-17-12-20/h7,9-14H,1-6,8H2/t13-,14+/m1/s1. The van der Waals surface area contributed by atoms with Crippen molar-refractivity contribution >= 4 is 5.82 Å². The molecule has 1 saturated heterocycles. The Kier molecular flexibility index (Phi) is 3.33. The van der Waals surface area contributed by atoms with Gasteiger partial charge in [-0.3, -0.25) is 4.57 Å². The van der Waals surface area contributed by atoms with E-state index in [0.29, 0.717) is 6.04 Å². The van der Waals surface area contributed by atoms with Crippen LogP contribution in [0.3, 0.4) is 0 Å². The summed E-state index contributed by atoms with van der Waals surface area (Å²) in [4.78, 5) is 15.5. The molecule has 0 N–H and O–H groups in total. The van der Waals surface area contributed by atoms with Gasteiger partial charge in [0.1, 0.15) is 24.3 Å². The van der Waals surface area contributed by atoms with Gasteiger partial charge < -0.3 is 4.90 Å². The Labute approximate surface area is 125 Å². The van der Waals surface area contributed by atoms with E-state index in [0.717, 1.165) is 24.1 Å². The first-order valence-electron chi connectivity index (χ1n) is 7.99. The highest BCUT2D eigenvalue weighted by Crippen LogP contribution is 2.37. The minimum atomic E-state index is 0.679. The summed E-state index contributed by atoms with van der Waals surface area (Å²) in [5.74, 6) is 2.83. The van der Waals surface area contributed by atoms with E-state index in [4.69, 9.17) is 0 Å². The Morgan fingerprint density at radius 1 is 1.00 bits per heavy atom. The molecule has 2 aromatic rings. The third-order valence-electron chi connectivity index (χ3n) is 4.94. The van der Waals surface area contributed by atoms with Crippen molar-refractivity contribution in [1.82, 2.24) is 19.5 Å². The summed E-state index contributed by atoms with van der Waals surface area (Å²) in [6, 6.07) is 2.77. The minimum Gasteiger partial charge on any atom is -0.353 e. The summed E-state index contributed by atoms with van der Waals surface area (Å²) < 4.78 is 1.94. The van der Waals surface area contributed by atoms with Crippen LogP contribution in [0.25, 0.3) is 5.82 Å². The lowest BCUT2D eigenvalue weighted by Crippen LogP contribution is -2.47. The van der Waals surface area contributed by atoms with Gasteiger partial charge >= 0.3 is 0 Å². The summed E-state index contributed by atoms with van der Waals surface area (Å²) >= 11 is 0. The molecule has 0 amide bonds. The van der Waals surface area contributed by atoms with E-state index in [1.165, 1.54) is 38.5 Å². The molecule has 1 saturated carbocycles. The van der Waals surface area contributed by atoms with Gasteiger partial charge in [0.2, 0.25) is 0 Å². The van der Waals surface area contributed by atoms with Gasteiger partial charge in [-0.25, -0.2) is 15.0 Å². The van der Waals surface area contributed by atoms with Gasteiger partial charge in [-0.05, 0) is 31.6 Å². The predicted molar refractivity (Wildman–Crippen MR) is 81.5 cm³/mol. The first-order chi connectivity index (χ1) is 10.4. The van der Waals surface area contributed by atoms with Crippen molar-refractivity contribution in [2.75, 3.05) is 11.4 Å². The average molecular weight is 283 g/mol. The topological polar surface area (TPSA) is 46.8 Å². The maximum atomic E-state index is 4.55. The van der Waals surface area contributed by atoms with E-state index in [9.17, 15) is 0 Å². The number of anilines is 1. The van der Waals surface area contributed by atoms with Gasteiger partial charge in [-0.2, -0.15) is 0 Å². The SMILES string of the molecule is c1cn(-c2cc(N3CCC[C@H]4CCCC[C@@H]43)ncn2)cn1. The highest BCUT2D eigenvalue weighted by molar-refractivity contribution is 5.45. The van der Waals surface area contributed by atoms with Crippen molar-refractivity contribution in [2.45, 2.75) is 44.6 Å². The third-order valence-corrected chi connectivity index (χ3v) is 4.94. The van der Waals surface area contributed by atoms with Crippen LogP contribution in [-0.2, 0) is 0 Å². The van der Waals surface area contributed by atoms with Gasteiger partial charge in [0, 0.05) is 31.0 Å². The lowest BCUT2D eigenvalue weighted by atomic mass is 9.78. The molecule has 2 aromatic heterocycles. The van der Waals surface area contributed by atoms with Crippen LogP contribution in [0.2, 0.25) is 0 Å². The third kappa shape index (κ3) is 2.41. The maximum Gasteiger partial charge on any atom is 0.143 e.